The van der Waals surface area contributed by atoms with E-state index >= 15 is 0 Å². The van der Waals surface area contributed by atoms with Crippen LogP contribution in [0.1, 0.15) is 25.8 Å². The molecule has 30 heavy (non-hydrogen) atoms. The van der Waals surface area contributed by atoms with Gasteiger partial charge in [-0.05, 0) is 42.2 Å². The molecule has 3 rings (SSSR count). The molecule has 1 atom stereocenters. The number of halogens is 4. The van der Waals surface area contributed by atoms with Gasteiger partial charge in [-0.25, -0.2) is 4.39 Å². The molecule has 2 N–H and O–H groups in total. The first-order chi connectivity index (χ1) is 13.8. The number of pyridine rings is 2. The van der Waals surface area contributed by atoms with Gasteiger partial charge in [-0.1, -0.05) is 13.8 Å². The Morgan fingerprint density at radius 3 is 2.50 bits per heavy atom. The molecule has 5 nitrogen and oxygen atoms in total. The van der Waals surface area contributed by atoms with Crippen molar-refractivity contribution in [2.24, 2.45) is 0 Å². The number of phenols is 1. The Morgan fingerprint density at radius 1 is 1.13 bits per heavy atom. The average Bonchev–Trinajstić information content (AvgIpc) is 2.65. The van der Waals surface area contributed by atoms with Crippen LogP contribution in [0.25, 0.3) is 11.0 Å². The van der Waals surface area contributed by atoms with Gasteiger partial charge in [0.25, 0.3) is 0 Å². The number of nitrogens with zero attached hydrogens (tertiary/aromatic N) is 2. The zero-order valence-corrected chi connectivity index (χ0v) is 16.2. The molecule has 1 unspecified atom stereocenters. The molecule has 160 valence electrons. The predicted molar refractivity (Wildman–Crippen MR) is 103 cm³/mol. The van der Waals surface area contributed by atoms with Crippen molar-refractivity contribution in [1.82, 2.24) is 9.55 Å². The van der Waals surface area contributed by atoms with Crippen LogP contribution in [0.4, 0.5) is 17.6 Å². The molecular weight excluding hydrogens is 404 g/mol. The van der Waals surface area contributed by atoms with Gasteiger partial charge in [0, 0.05) is 24.0 Å². The summed E-state index contributed by atoms with van der Waals surface area (Å²) in [7, 11) is 0. The van der Waals surface area contributed by atoms with Crippen LogP contribution in [-0.4, -0.2) is 31.5 Å². The maximum atomic E-state index is 14.0. The summed E-state index contributed by atoms with van der Waals surface area (Å²) < 4.78 is 56.8. The molecule has 0 aliphatic heterocycles. The molecule has 9 heteroatoms. The van der Waals surface area contributed by atoms with E-state index in [0.717, 1.165) is 35.0 Å². The third-order valence-electron chi connectivity index (χ3n) is 5.12. The van der Waals surface area contributed by atoms with E-state index in [1.165, 1.54) is 32.2 Å². The first-order valence-electron chi connectivity index (χ1n) is 9.06. The average molecular weight is 424 g/mol. The third kappa shape index (κ3) is 4.02. The molecule has 0 spiro atoms. The Balaban J connectivity index is 2.07. The van der Waals surface area contributed by atoms with Gasteiger partial charge in [0.15, 0.2) is 5.60 Å². The Labute approximate surface area is 169 Å². The Morgan fingerprint density at radius 2 is 1.83 bits per heavy atom. The van der Waals surface area contributed by atoms with E-state index in [4.69, 9.17) is 0 Å². The van der Waals surface area contributed by atoms with Crippen LogP contribution in [0.15, 0.2) is 53.6 Å². The molecular formula is C21H20F4N2O3. The van der Waals surface area contributed by atoms with Gasteiger partial charge < -0.3 is 14.8 Å². The van der Waals surface area contributed by atoms with Crippen molar-refractivity contribution in [1.29, 1.82) is 0 Å². The number of aromatic nitrogens is 2. The number of phenolic OH excluding ortho intramolecular Hbond substituents is 1. The van der Waals surface area contributed by atoms with Crippen molar-refractivity contribution in [3.8, 4) is 5.75 Å². The lowest BCUT2D eigenvalue weighted by Crippen LogP contribution is -2.52. The van der Waals surface area contributed by atoms with E-state index in [2.05, 4.69) is 4.98 Å². The second-order valence-electron chi connectivity index (χ2n) is 7.93. The van der Waals surface area contributed by atoms with Gasteiger partial charge in [-0.3, -0.25) is 9.78 Å². The summed E-state index contributed by atoms with van der Waals surface area (Å²) in [6, 6.07) is 6.98. The number of rotatable bonds is 5. The van der Waals surface area contributed by atoms with Crippen LogP contribution in [0.2, 0.25) is 0 Å². The standard InChI is InChI=1S/C21H20F4N2O3/c1-19(2,14-10-13(22)5-6-16(14)28)11-20(30,21(23,24)25)12-27-9-7-17(29)18-15(27)4-3-8-26-18/h3-10,28,30H,11-12H2,1-2H3. The summed E-state index contributed by atoms with van der Waals surface area (Å²) in [5.41, 5.74) is -5.08. The van der Waals surface area contributed by atoms with Crippen molar-refractivity contribution < 1.29 is 27.8 Å². The summed E-state index contributed by atoms with van der Waals surface area (Å²) in [5, 5.41) is 20.8. The van der Waals surface area contributed by atoms with Gasteiger partial charge in [-0.15, -0.1) is 0 Å². The summed E-state index contributed by atoms with van der Waals surface area (Å²) in [4.78, 5) is 15.9. The number of alkyl halides is 3. The first kappa shape index (κ1) is 21.8. The van der Waals surface area contributed by atoms with E-state index in [0.29, 0.717) is 0 Å². The summed E-state index contributed by atoms with van der Waals surface area (Å²) in [6.07, 6.45) is -3.41. The van der Waals surface area contributed by atoms with Crippen molar-refractivity contribution in [2.45, 2.75) is 44.0 Å². The second-order valence-corrected chi connectivity index (χ2v) is 7.93. The van der Waals surface area contributed by atoms with Crippen molar-refractivity contribution >= 4 is 11.0 Å². The van der Waals surface area contributed by atoms with E-state index in [9.17, 15) is 32.6 Å². The van der Waals surface area contributed by atoms with Crippen LogP contribution < -0.4 is 5.43 Å². The van der Waals surface area contributed by atoms with Crippen molar-refractivity contribution in [3.05, 3.63) is 70.4 Å². The molecule has 0 fully saturated rings. The fourth-order valence-corrected chi connectivity index (χ4v) is 3.68. The highest BCUT2D eigenvalue weighted by atomic mass is 19.4. The second kappa shape index (κ2) is 7.39. The fourth-order valence-electron chi connectivity index (χ4n) is 3.68. The van der Waals surface area contributed by atoms with E-state index in [1.807, 2.05) is 0 Å². The van der Waals surface area contributed by atoms with Gasteiger partial charge in [0.2, 0.25) is 5.43 Å². The molecule has 0 amide bonds. The van der Waals surface area contributed by atoms with Gasteiger partial charge in [0.05, 0.1) is 12.1 Å². The molecule has 0 bridgehead atoms. The molecule has 2 aromatic heterocycles. The summed E-state index contributed by atoms with van der Waals surface area (Å²) in [5.74, 6) is -1.09. The Kier molecular flexibility index (Phi) is 5.36. The number of hydrogen-bond acceptors (Lipinski definition) is 4. The lowest BCUT2D eigenvalue weighted by Gasteiger charge is -2.38. The zero-order valence-electron chi connectivity index (χ0n) is 16.2. The quantitative estimate of drug-likeness (QED) is 0.609. The maximum Gasteiger partial charge on any atom is 0.418 e. The number of benzene rings is 1. The van der Waals surface area contributed by atoms with Crippen LogP contribution >= 0.6 is 0 Å². The van der Waals surface area contributed by atoms with Crippen LogP contribution in [0.3, 0.4) is 0 Å². The van der Waals surface area contributed by atoms with Crippen molar-refractivity contribution in [3.63, 3.8) is 0 Å². The molecule has 0 saturated carbocycles. The van der Waals surface area contributed by atoms with Crippen LogP contribution in [0, 0.1) is 5.82 Å². The first-order valence-corrected chi connectivity index (χ1v) is 9.06. The predicted octanol–water partition coefficient (Wildman–Crippen LogP) is 3.90. The lowest BCUT2D eigenvalue weighted by atomic mass is 9.74. The minimum atomic E-state index is -5.05. The molecule has 0 aliphatic carbocycles. The molecule has 0 radical (unpaired) electrons. The monoisotopic (exact) mass is 424 g/mol. The minimum absolute atomic E-state index is 0.0217. The molecule has 2 heterocycles. The van der Waals surface area contributed by atoms with Crippen LogP contribution in [-0.2, 0) is 12.0 Å². The largest absolute Gasteiger partial charge is 0.508 e. The number of aliphatic hydroxyl groups is 1. The Bertz CT molecular complexity index is 1140. The Hall–Kier alpha value is -2.94. The summed E-state index contributed by atoms with van der Waals surface area (Å²) >= 11 is 0. The van der Waals surface area contributed by atoms with Crippen molar-refractivity contribution in [2.75, 3.05) is 0 Å². The van der Waals surface area contributed by atoms with Crippen LogP contribution in [0.5, 0.6) is 5.75 Å². The fraction of sp³-hybridized carbons (Fsp3) is 0.333. The van der Waals surface area contributed by atoms with E-state index < -0.39 is 41.4 Å². The topological polar surface area (TPSA) is 75.4 Å². The van der Waals surface area contributed by atoms with Gasteiger partial charge in [-0.2, -0.15) is 13.2 Å². The highest BCUT2D eigenvalue weighted by Gasteiger charge is 2.56. The maximum absolute atomic E-state index is 14.0. The summed E-state index contributed by atoms with van der Waals surface area (Å²) in [6.45, 7) is 1.84. The van der Waals surface area contributed by atoms with E-state index in [1.54, 1.807) is 0 Å². The SMILES string of the molecule is CC(C)(CC(O)(Cn1ccc(=O)c2ncccc21)C(F)(F)F)c1cc(F)ccc1O. The van der Waals surface area contributed by atoms with Gasteiger partial charge >= 0.3 is 6.18 Å². The minimum Gasteiger partial charge on any atom is -0.508 e. The molecule has 0 saturated heterocycles. The highest BCUT2D eigenvalue weighted by molar-refractivity contribution is 5.73. The molecule has 3 aromatic rings. The number of aromatic hydroxyl groups is 1. The van der Waals surface area contributed by atoms with Gasteiger partial charge in [0.1, 0.15) is 17.1 Å². The van der Waals surface area contributed by atoms with E-state index in [-0.39, 0.29) is 22.3 Å². The normalized spacial score (nSPS) is 14.6. The number of hydrogen-bond donors (Lipinski definition) is 2. The highest BCUT2D eigenvalue weighted by Crippen LogP contribution is 2.44. The number of fused-ring (bicyclic) bond motifs is 1. The third-order valence-corrected chi connectivity index (χ3v) is 5.12. The zero-order chi connectivity index (χ0) is 22.3. The lowest BCUT2D eigenvalue weighted by molar-refractivity contribution is -0.271. The smallest absolute Gasteiger partial charge is 0.418 e. The molecule has 1 aromatic carbocycles. The molecule has 0 aliphatic rings.